The van der Waals surface area contributed by atoms with Crippen LogP contribution in [0.5, 0.6) is 5.75 Å². The van der Waals surface area contributed by atoms with Gasteiger partial charge in [0.05, 0.1) is 13.2 Å². The van der Waals surface area contributed by atoms with E-state index >= 15 is 0 Å². The van der Waals surface area contributed by atoms with Gasteiger partial charge in [-0.25, -0.2) is 0 Å². The van der Waals surface area contributed by atoms with Gasteiger partial charge in [-0.15, -0.1) is 0 Å². The standard InChI is InChI=1S/C13H19NO2/c1-15-11-5-3-4-10(8-11)13-7-6-12(16-2)9-14-13/h3-5,8,12-14H,6-7,9H2,1-2H3. The van der Waals surface area contributed by atoms with Crippen LogP contribution in [-0.2, 0) is 4.74 Å². The third-order valence-corrected chi connectivity index (χ3v) is 3.20. The maximum Gasteiger partial charge on any atom is 0.119 e. The quantitative estimate of drug-likeness (QED) is 0.848. The van der Waals surface area contributed by atoms with Crippen LogP contribution >= 0.6 is 0 Å². The molecule has 1 aromatic rings. The van der Waals surface area contributed by atoms with Crippen LogP contribution in [0.25, 0.3) is 0 Å². The number of hydrogen-bond acceptors (Lipinski definition) is 3. The Morgan fingerprint density at radius 2 is 2.12 bits per heavy atom. The molecule has 2 atom stereocenters. The zero-order valence-corrected chi connectivity index (χ0v) is 9.90. The van der Waals surface area contributed by atoms with Crippen molar-refractivity contribution in [3.63, 3.8) is 0 Å². The average Bonchev–Trinajstić information content (AvgIpc) is 2.39. The lowest BCUT2D eigenvalue weighted by molar-refractivity contribution is 0.0704. The fraction of sp³-hybridized carbons (Fsp3) is 0.538. The molecule has 0 spiro atoms. The summed E-state index contributed by atoms with van der Waals surface area (Å²) in [5.74, 6) is 0.924. The molecule has 0 saturated carbocycles. The highest BCUT2D eigenvalue weighted by atomic mass is 16.5. The van der Waals surface area contributed by atoms with Gasteiger partial charge in [0.1, 0.15) is 5.75 Å². The lowest BCUT2D eigenvalue weighted by atomic mass is 9.96. The molecule has 3 heteroatoms. The summed E-state index contributed by atoms with van der Waals surface area (Å²) in [4.78, 5) is 0. The topological polar surface area (TPSA) is 30.5 Å². The molecule has 1 fully saturated rings. The van der Waals surface area contributed by atoms with Crippen LogP contribution < -0.4 is 10.1 Å². The van der Waals surface area contributed by atoms with E-state index in [-0.39, 0.29) is 0 Å². The summed E-state index contributed by atoms with van der Waals surface area (Å²) in [7, 11) is 3.48. The minimum atomic E-state index is 0.363. The summed E-state index contributed by atoms with van der Waals surface area (Å²) >= 11 is 0. The van der Waals surface area contributed by atoms with Gasteiger partial charge < -0.3 is 14.8 Å². The Labute approximate surface area is 96.8 Å². The molecule has 1 aromatic carbocycles. The summed E-state index contributed by atoms with van der Waals surface area (Å²) in [5, 5.41) is 3.51. The monoisotopic (exact) mass is 221 g/mol. The first kappa shape index (κ1) is 11.4. The SMILES string of the molecule is COc1cccc(C2CCC(OC)CN2)c1. The fourth-order valence-electron chi connectivity index (χ4n) is 2.17. The zero-order chi connectivity index (χ0) is 11.4. The highest BCUT2D eigenvalue weighted by Gasteiger charge is 2.21. The molecule has 2 rings (SSSR count). The van der Waals surface area contributed by atoms with E-state index in [1.54, 1.807) is 14.2 Å². The molecule has 1 saturated heterocycles. The number of rotatable bonds is 3. The van der Waals surface area contributed by atoms with E-state index in [1.165, 1.54) is 5.56 Å². The molecule has 1 heterocycles. The maximum absolute atomic E-state index is 5.33. The second-order valence-electron chi connectivity index (χ2n) is 4.17. The third-order valence-electron chi connectivity index (χ3n) is 3.20. The van der Waals surface area contributed by atoms with Crippen LogP contribution in [0.4, 0.5) is 0 Å². The van der Waals surface area contributed by atoms with Crippen LogP contribution in [0.3, 0.4) is 0 Å². The van der Waals surface area contributed by atoms with Gasteiger partial charge in [-0.2, -0.15) is 0 Å². The van der Waals surface area contributed by atoms with Crippen molar-refractivity contribution in [2.45, 2.75) is 25.0 Å². The number of nitrogens with one attached hydrogen (secondary N) is 1. The summed E-state index contributed by atoms with van der Waals surface area (Å²) in [6.07, 6.45) is 2.60. The van der Waals surface area contributed by atoms with Crippen LogP contribution in [-0.4, -0.2) is 26.9 Å². The molecule has 1 aliphatic heterocycles. The lowest BCUT2D eigenvalue weighted by Crippen LogP contribution is -2.37. The molecule has 0 aliphatic carbocycles. The van der Waals surface area contributed by atoms with Crippen LogP contribution in [0.1, 0.15) is 24.4 Å². The Bertz CT molecular complexity index is 332. The van der Waals surface area contributed by atoms with Gasteiger partial charge in [0.2, 0.25) is 0 Å². The van der Waals surface area contributed by atoms with E-state index in [2.05, 4.69) is 17.4 Å². The predicted molar refractivity (Wildman–Crippen MR) is 63.8 cm³/mol. The lowest BCUT2D eigenvalue weighted by Gasteiger charge is -2.29. The summed E-state index contributed by atoms with van der Waals surface area (Å²) in [5.41, 5.74) is 1.30. The largest absolute Gasteiger partial charge is 0.497 e. The predicted octanol–water partition coefficient (Wildman–Crippen LogP) is 2.13. The van der Waals surface area contributed by atoms with E-state index in [9.17, 15) is 0 Å². The summed E-state index contributed by atoms with van der Waals surface area (Å²) in [6.45, 7) is 0.929. The van der Waals surface area contributed by atoms with Gasteiger partial charge in [0.25, 0.3) is 0 Å². The first-order chi connectivity index (χ1) is 7.83. The Kier molecular flexibility index (Phi) is 3.80. The summed E-state index contributed by atoms with van der Waals surface area (Å²) in [6, 6.07) is 8.70. The number of benzene rings is 1. The molecule has 16 heavy (non-hydrogen) atoms. The average molecular weight is 221 g/mol. The van der Waals surface area contributed by atoms with Crippen molar-refractivity contribution in [3.8, 4) is 5.75 Å². The van der Waals surface area contributed by atoms with Crippen LogP contribution in [0.2, 0.25) is 0 Å². The minimum absolute atomic E-state index is 0.363. The highest BCUT2D eigenvalue weighted by Crippen LogP contribution is 2.26. The molecule has 1 N–H and O–H groups in total. The molecular formula is C13H19NO2. The van der Waals surface area contributed by atoms with Crippen LogP contribution in [0, 0.1) is 0 Å². The van der Waals surface area contributed by atoms with Gasteiger partial charge in [0.15, 0.2) is 0 Å². The van der Waals surface area contributed by atoms with E-state index < -0.39 is 0 Å². The van der Waals surface area contributed by atoms with Crippen molar-refractivity contribution >= 4 is 0 Å². The smallest absolute Gasteiger partial charge is 0.119 e. The Balaban J connectivity index is 2.02. The van der Waals surface area contributed by atoms with E-state index in [1.807, 2.05) is 12.1 Å². The number of methoxy groups -OCH3 is 2. The van der Waals surface area contributed by atoms with E-state index in [0.29, 0.717) is 12.1 Å². The van der Waals surface area contributed by atoms with Crippen molar-refractivity contribution in [2.75, 3.05) is 20.8 Å². The Morgan fingerprint density at radius 1 is 1.25 bits per heavy atom. The number of piperidine rings is 1. The Hall–Kier alpha value is -1.06. The molecule has 88 valence electrons. The third kappa shape index (κ3) is 2.54. The van der Waals surface area contributed by atoms with Crippen molar-refractivity contribution in [2.24, 2.45) is 0 Å². The molecule has 1 aliphatic rings. The molecule has 0 aromatic heterocycles. The van der Waals surface area contributed by atoms with Gasteiger partial charge in [-0.1, -0.05) is 12.1 Å². The van der Waals surface area contributed by atoms with Gasteiger partial charge >= 0.3 is 0 Å². The fourth-order valence-corrected chi connectivity index (χ4v) is 2.17. The molecular weight excluding hydrogens is 202 g/mol. The zero-order valence-electron chi connectivity index (χ0n) is 9.90. The second kappa shape index (κ2) is 5.32. The Morgan fingerprint density at radius 3 is 2.75 bits per heavy atom. The molecule has 0 amide bonds. The van der Waals surface area contributed by atoms with Crippen molar-refractivity contribution < 1.29 is 9.47 Å². The van der Waals surface area contributed by atoms with Gasteiger partial charge in [-0.05, 0) is 30.5 Å². The molecule has 2 unspecified atom stereocenters. The first-order valence-electron chi connectivity index (χ1n) is 5.73. The molecule has 0 bridgehead atoms. The molecule has 0 radical (unpaired) electrons. The van der Waals surface area contributed by atoms with Crippen molar-refractivity contribution in [1.29, 1.82) is 0 Å². The maximum atomic E-state index is 5.33. The number of ether oxygens (including phenoxy) is 2. The van der Waals surface area contributed by atoms with Crippen molar-refractivity contribution in [3.05, 3.63) is 29.8 Å². The first-order valence-corrected chi connectivity index (χ1v) is 5.73. The van der Waals surface area contributed by atoms with Crippen molar-refractivity contribution in [1.82, 2.24) is 5.32 Å². The molecule has 3 nitrogen and oxygen atoms in total. The van der Waals surface area contributed by atoms with E-state index in [0.717, 1.165) is 25.1 Å². The van der Waals surface area contributed by atoms with Gasteiger partial charge in [0, 0.05) is 19.7 Å². The number of hydrogen-bond donors (Lipinski definition) is 1. The second-order valence-corrected chi connectivity index (χ2v) is 4.17. The highest BCUT2D eigenvalue weighted by molar-refractivity contribution is 5.30. The van der Waals surface area contributed by atoms with E-state index in [4.69, 9.17) is 9.47 Å². The van der Waals surface area contributed by atoms with Gasteiger partial charge in [-0.3, -0.25) is 0 Å². The minimum Gasteiger partial charge on any atom is -0.497 e. The normalized spacial score (nSPS) is 25.4. The van der Waals surface area contributed by atoms with Crippen LogP contribution in [0.15, 0.2) is 24.3 Å². The summed E-state index contributed by atoms with van der Waals surface area (Å²) < 4.78 is 10.6.